The van der Waals surface area contributed by atoms with Crippen molar-refractivity contribution in [1.29, 1.82) is 0 Å². The number of hydrogen-bond acceptors (Lipinski definition) is 3. The number of aryl methyl sites for hydroxylation is 1. The van der Waals surface area contributed by atoms with E-state index < -0.39 is 0 Å². The Labute approximate surface area is 89.0 Å². The lowest BCUT2D eigenvalue weighted by Crippen LogP contribution is -2.10. The summed E-state index contributed by atoms with van der Waals surface area (Å²) >= 11 is 0. The minimum absolute atomic E-state index is 0.282. The highest BCUT2D eigenvalue weighted by Gasteiger charge is 2.04. The van der Waals surface area contributed by atoms with Gasteiger partial charge in [0.05, 0.1) is 5.52 Å². The van der Waals surface area contributed by atoms with Crippen LogP contribution in [-0.4, -0.2) is 24.2 Å². The van der Waals surface area contributed by atoms with Gasteiger partial charge in [-0.25, -0.2) is 4.98 Å². The summed E-state index contributed by atoms with van der Waals surface area (Å²) in [4.78, 5) is 6.46. The third-order valence-electron chi connectivity index (χ3n) is 2.44. The molecule has 2 aromatic rings. The van der Waals surface area contributed by atoms with E-state index in [9.17, 15) is 5.11 Å². The fraction of sp³-hybridized carbons (Fsp3) is 0.250. The van der Waals surface area contributed by atoms with E-state index in [-0.39, 0.29) is 5.75 Å². The summed E-state index contributed by atoms with van der Waals surface area (Å²) in [5.41, 5.74) is 2.04. The van der Waals surface area contributed by atoms with Crippen molar-refractivity contribution in [2.75, 3.05) is 19.0 Å². The monoisotopic (exact) mass is 202 g/mol. The lowest BCUT2D eigenvalue weighted by atomic mass is 10.1. The van der Waals surface area contributed by atoms with Crippen LogP contribution < -0.4 is 4.90 Å². The van der Waals surface area contributed by atoms with Crippen molar-refractivity contribution in [3.05, 3.63) is 29.8 Å². The van der Waals surface area contributed by atoms with Crippen molar-refractivity contribution < 1.29 is 5.11 Å². The molecule has 0 aliphatic rings. The SMILES string of the molecule is Cc1cc(N(C)C)nc2ccc(O)cc12. The highest BCUT2D eigenvalue weighted by atomic mass is 16.3. The Kier molecular flexibility index (Phi) is 2.23. The first-order valence-electron chi connectivity index (χ1n) is 4.85. The van der Waals surface area contributed by atoms with E-state index in [0.717, 1.165) is 22.3 Å². The lowest BCUT2D eigenvalue weighted by molar-refractivity contribution is 0.476. The van der Waals surface area contributed by atoms with Gasteiger partial charge >= 0.3 is 0 Å². The van der Waals surface area contributed by atoms with E-state index in [2.05, 4.69) is 4.98 Å². The molecule has 1 heterocycles. The third-order valence-corrected chi connectivity index (χ3v) is 2.44. The Hall–Kier alpha value is -1.77. The molecule has 0 unspecified atom stereocenters. The summed E-state index contributed by atoms with van der Waals surface area (Å²) < 4.78 is 0. The summed E-state index contributed by atoms with van der Waals surface area (Å²) in [5, 5.41) is 10.4. The Balaban J connectivity index is 2.73. The van der Waals surface area contributed by atoms with E-state index in [4.69, 9.17) is 0 Å². The molecule has 0 saturated carbocycles. The van der Waals surface area contributed by atoms with Crippen LogP contribution in [0.1, 0.15) is 5.56 Å². The van der Waals surface area contributed by atoms with Gasteiger partial charge in [0.25, 0.3) is 0 Å². The smallest absolute Gasteiger partial charge is 0.128 e. The predicted octanol–water partition coefficient (Wildman–Crippen LogP) is 2.31. The van der Waals surface area contributed by atoms with Gasteiger partial charge in [-0.2, -0.15) is 0 Å². The van der Waals surface area contributed by atoms with Crippen LogP contribution in [0.3, 0.4) is 0 Å². The van der Waals surface area contributed by atoms with Crippen LogP contribution in [0.4, 0.5) is 5.82 Å². The summed E-state index contributed by atoms with van der Waals surface area (Å²) in [5.74, 6) is 1.22. The summed E-state index contributed by atoms with van der Waals surface area (Å²) in [6.45, 7) is 2.02. The van der Waals surface area contributed by atoms with E-state index in [1.54, 1.807) is 12.1 Å². The molecule has 0 spiro atoms. The molecule has 78 valence electrons. The number of aromatic nitrogens is 1. The van der Waals surface area contributed by atoms with E-state index >= 15 is 0 Å². The van der Waals surface area contributed by atoms with Gasteiger partial charge in [-0.05, 0) is 36.8 Å². The van der Waals surface area contributed by atoms with Crippen molar-refractivity contribution in [1.82, 2.24) is 4.98 Å². The van der Waals surface area contributed by atoms with Gasteiger partial charge in [0.15, 0.2) is 0 Å². The van der Waals surface area contributed by atoms with Crippen LogP contribution in [0.2, 0.25) is 0 Å². The molecule has 3 nitrogen and oxygen atoms in total. The minimum Gasteiger partial charge on any atom is -0.508 e. The molecule has 2 rings (SSSR count). The number of aromatic hydroxyl groups is 1. The van der Waals surface area contributed by atoms with E-state index in [0.29, 0.717) is 0 Å². The molecule has 15 heavy (non-hydrogen) atoms. The van der Waals surface area contributed by atoms with Crippen molar-refractivity contribution in [3.63, 3.8) is 0 Å². The molecule has 0 saturated heterocycles. The van der Waals surface area contributed by atoms with Crippen LogP contribution in [0.25, 0.3) is 10.9 Å². The largest absolute Gasteiger partial charge is 0.508 e. The topological polar surface area (TPSA) is 36.4 Å². The van der Waals surface area contributed by atoms with Crippen molar-refractivity contribution in [3.8, 4) is 5.75 Å². The lowest BCUT2D eigenvalue weighted by Gasteiger charge is -2.13. The van der Waals surface area contributed by atoms with Gasteiger partial charge in [0.1, 0.15) is 11.6 Å². The maximum absolute atomic E-state index is 9.39. The fourth-order valence-electron chi connectivity index (χ4n) is 1.59. The quantitative estimate of drug-likeness (QED) is 0.771. The van der Waals surface area contributed by atoms with Crippen LogP contribution in [0, 0.1) is 6.92 Å². The molecule has 0 amide bonds. The molecule has 0 fully saturated rings. The van der Waals surface area contributed by atoms with Crippen LogP contribution in [-0.2, 0) is 0 Å². The standard InChI is InChI=1S/C12H14N2O/c1-8-6-12(14(2)3)13-11-5-4-9(15)7-10(8)11/h4-7,15H,1-3H3. The number of fused-ring (bicyclic) bond motifs is 1. The average molecular weight is 202 g/mol. The molecule has 1 aromatic carbocycles. The second-order valence-electron chi connectivity index (χ2n) is 3.89. The van der Waals surface area contributed by atoms with Gasteiger partial charge in [0, 0.05) is 19.5 Å². The fourth-order valence-corrected chi connectivity index (χ4v) is 1.59. The van der Waals surface area contributed by atoms with Crippen LogP contribution in [0.15, 0.2) is 24.3 Å². The Morgan fingerprint density at radius 1 is 1.20 bits per heavy atom. The third kappa shape index (κ3) is 1.73. The highest BCUT2D eigenvalue weighted by molar-refractivity contribution is 5.85. The number of hydrogen-bond donors (Lipinski definition) is 1. The van der Waals surface area contributed by atoms with Crippen LogP contribution >= 0.6 is 0 Å². The van der Waals surface area contributed by atoms with Gasteiger partial charge in [-0.15, -0.1) is 0 Å². The first-order valence-corrected chi connectivity index (χ1v) is 4.85. The van der Waals surface area contributed by atoms with Crippen molar-refractivity contribution in [2.45, 2.75) is 6.92 Å². The second-order valence-corrected chi connectivity index (χ2v) is 3.89. The maximum Gasteiger partial charge on any atom is 0.128 e. The second kappa shape index (κ2) is 3.42. The number of rotatable bonds is 1. The zero-order valence-electron chi connectivity index (χ0n) is 9.15. The Bertz CT molecular complexity index is 506. The molecular formula is C12H14N2O. The van der Waals surface area contributed by atoms with Gasteiger partial charge in [0.2, 0.25) is 0 Å². The molecular weight excluding hydrogens is 188 g/mol. The van der Waals surface area contributed by atoms with Crippen molar-refractivity contribution >= 4 is 16.7 Å². The maximum atomic E-state index is 9.39. The first kappa shape index (κ1) is 9.77. The minimum atomic E-state index is 0.282. The average Bonchev–Trinajstić information content (AvgIpc) is 2.18. The first-order chi connectivity index (χ1) is 7.08. The van der Waals surface area contributed by atoms with Gasteiger partial charge < -0.3 is 10.0 Å². The number of phenolic OH excluding ortho intramolecular Hbond substituents is 1. The number of nitrogens with zero attached hydrogens (tertiary/aromatic N) is 2. The van der Waals surface area contributed by atoms with Gasteiger partial charge in [-0.3, -0.25) is 0 Å². The normalized spacial score (nSPS) is 10.6. The van der Waals surface area contributed by atoms with Gasteiger partial charge in [-0.1, -0.05) is 0 Å². The van der Waals surface area contributed by atoms with Crippen molar-refractivity contribution in [2.24, 2.45) is 0 Å². The molecule has 0 aliphatic heterocycles. The molecule has 1 N–H and O–H groups in total. The highest BCUT2D eigenvalue weighted by Crippen LogP contribution is 2.24. The zero-order chi connectivity index (χ0) is 11.0. The molecule has 1 aromatic heterocycles. The summed E-state index contributed by atoms with van der Waals surface area (Å²) in [7, 11) is 3.93. The van der Waals surface area contributed by atoms with Crippen LogP contribution in [0.5, 0.6) is 5.75 Å². The zero-order valence-corrected chi connectivity index (χ0v) is 9.15. The van der Waals surface area contributed by atoms with E-state index in [1.165, 1.54) is 0 Å². The Morgan fingerprint density at radius 3 is 2.60 bits per heavy atom. The molecule has 0 aliphatic carbocycles. The summed E-state index contributed by atoms with van der Waals surface area (Å²) in [6, 6.07) is 7.26. The summed E-state index contributed by atoms with van der Waals surface area (Å²) in [6.07, 6.45) is 0. The number of pyridine rings is 1. The number of phenols is 1. The van der Waals surface area contributed by atoms with E-state index in [1.807, 2.05) is 38.1 Å². The molecule has 3 heteroatoms. The Morgan fingerprint density at radius 2 is 1.93 bits per heavy atom. The molecule has 0 bridgehead atoms. The molecule has 0 radical (unpaired) electrons. The predicted molar refractivity (Wildman–Crippen MR) is 62.5 cm³/mol. The molecule has 0 atom stereocenters. The number of anilines is 1. The number of benzene rings is 1.